The first-order chi connectivity index (χ1) is 10.5. The number of benzene rings is 2. The predicted molar refractivity (Wildman–Crippen MR) is 86.2 cm³/mol. The Kier molecular flexibility index (Phi) is 3.72. The number of esters is 1. The normalized spacial score (nSPS) is 10.9. The molecule has 0 saturated carbocycles. The Morgan fingerprint density at radius 2 is 1.73 bits per heavy atom. The lowest BCUT2D eigenvalue weighted by molar-refractivity contribution is -0.133. The van der Waals surface area contributed by atoms with E-state index in [2.05, 4.69) is 0 Å². The zero-order chi connectivity index (χ0) is 15.7. The highest BCUT2D eigenvalue weighted by molar-refractivity contribution is 5.86. The van der Waals surface area contributed by atoms with Crippen LogP contribution in [0.2, 0.25) is 0 Å². The number of ether oxygens (including phenoxy) is 1. The number of carbonyl (C=O) groups is 1. The fourth-order valence-electron chi connectivity index (χ4n) is 2.64. The molecule has 112 valence electrons. The Labute approximate surface area is 129 Å². The number of rotatable bonds is 3. The summed E-state index contributed by atoms with van der Waals surface area (Å²) >= 11 is 0. The molecule has 2 aromatic carbocycles. The summed E-state index contributed by atoms with van der Waals surface area (Å²) in [5, 5.41) is 0.961. The molecule has 1 heterocycles. The molecule has 0 N–H and O–H groups in total. The second-order valence-corrected chi connectivity index (χ2v) is 5.73. The van der Waals surface area contributed by atoms with Crippen LogP contribution in [-0.4, -0.2) is 5.97 Å². The zero-order valence-corrected chi connectivity index (χ0v) is 13.0. The van der Waals surface area contributed by atoms with Gasteiger partial charge in [0.2, 0.25) is 0 Å². The van der Waals surface area contributed by atoms with Gasteiger partial charge in [-0.15, -0.1) is 0 Å². The van der Waals surface area contributed by atoms with Gasteiger partial charge in [-0.05, 0) is 55.7 Å². The highest BCUT2D eigenvalue weighted by atomic mass is 16.5. The summed E-state index contributed by atoms with van der Waals surface area (Å²) < 4.78 is 11.0. The van der Waals surface area contributed by atoms with Gasteiger partial charge >= 0.3 is 5.97 Å². The summed E-state index contributed by atoms with van der Waals surface area (Å²) in [5.41, 5.74) is 4.93. The Hall–Kier alpha value is -2.55. The Morgan fingerprint density at radius 1 is 1.00 bits per heavy atom. The monoisotopic (exact) mass is 294 g/mol. The summed E-state index contributed by atoms with van der Waals surface area (Å²) in [5.74, 6) is 0.305. The minimum Gasteiger partial charge on any atom is -0.464 e. The maximum Gasteiger partial charge on any atom is 0.315 e. The number of hydrogen-bond donors (Lipinski definition) is 0. The van der Waals surface area contributed by atoms with Crippen LogP contribution in [0.3, 0.4) is 0 Å². The zero-order valence-electron chi connectivity index (χ0n) is 13.0. The van der Waals surface area contributed by atoms with Gasteiger partial charge in [0.15, 0.2) is 0 Å². The molecule has 0 radical (unpaired) electrons. The number of fused-ring (bicyclic) bond motifs is 1. The van der Waals surface area contributed by atoms with Crippen LogP contribution in [0.4, 0.5) is 0 Å². The van der Waals surface area contributed by atoms with Gasteiger partial charge in [0.05, 0.1) is 12.7 Å². The van der Waals surface area contributed by atoms with Gasteiger partial charge < -0.3 is 9.15 Å². The van der Waals surface area contributed by atoms with E-state index in [1.807, 2.05) is 57.2 Å². The van der Waals surface area contributed by atoms with E-state index < -0.39 is 0 Å². The number of carbonyl (C=O) groups excluding carboxylic acids is 1. The van der Waals surface area contributed by atoms with E-state index in [4.69, 9.17) is 9.15 Å². The van der Waals surface area contributed by atoms with E-state index in [9.17, 15) is 4.79 Å². The van der Waals surface area contributed by atoms with E-state index in [-0.39, 0.29) is 12.4 Å². The molecular weight excluding hydrogens is 276 g/mol. The topological polar surface area (TPSA) is 39.4 Å². The molecule has 3 nitrogen and oxygen atoms in total. The largest absolute Gasteiger partial charge is 0.464 e. The molecule has 0 aliphatic carbocycles. The van der Waals surface area contributed by atoms with Gasteiger partial charge in [0, 0.05) is 10.9 Å². The molecule has 0 aliphatic rings. The summed E-state index contributed by atoms with van der Waals surface area (Å²) in [7, 11) is 0. The average molecular weight is 294 g/mol. The lowest BCUT2D eigenvalue weighted by Gasteiger charge is -2.06. The van der Waals surface area contributed by atoms with E-state index in [1.165, 1.54) is 0 Å². The molecule has 0 bridgehead atoms. The maximum atomic E-state index is 12.1. The lowest BCUT2D eigenvalue weighted by atomic mass is 10.1. The standard InChI is InChI=1S/C19H18O3/c1-12-4-5-17-15(11-21-18(17)9-12)10-19(20)22-16-7-13(2)6-14(3)8-16/h4-9,11H,10H2,1-3H3. The summed E-state index contributed by atoms with van der Waals surface area (Å²) in [4.78, 5) is 12.1. The number of aryl methyl sites for hydroxylation is 3. The Bertz CT molecular complexity index is 823. The van der Waals surface area contributed by atoms with Crippen molar-refractivity contribution in [1.82, 2.24) is 0 Å². The third-order valence-corrected chi connectivity index (χ3v) is 3.57. The fourth-order valence-corrected chi connectivity index (χ4v) is 2.64. The third kappa shape index (κ3) is 3.03. The molecule has 0 fully saturated rings. The fraction of sp³-hybridized carbons (Fsp3) is 0.211. The van der Waals surface area contributed by atoms with E-state index in [0.717, 1.165) is 33.2 Å². The first kappa shape index (κ1) is 14.4. The maximum absolute atomic E-state index is 12.1. The van der Waals surface area contributed by atoms with Gasteiger partial charge in [0.25, 0.3) is 0 Å². The molecule has 3 heteroatoms. The molecule has 1 aromatic heterocycles. The van der Waals surface area contributed by atoms with Crippen LogP contribution in [0.25, 0.3) is 11.0 Å². The van der Waals surface area contributed by atoms with Crippen molar-refractivity contribution in [2.75, 3.05) is 0 Å². The molecule has 3 aromatic rings. The van der Waals surface area contributed by atoms with Gasteiger partial charge in [-0.3, -0.25) is 4.79 Å². The van der Waals surface area contributed by atoms with Gasteiger partial charge in [-0.1, -0.05) is 18.2 Å². The highest BCUT2D eigenvalue weighted by Crippen LogP contribution is 2.23. The van der Waals surface area contributed by atoms with Crippen molar-refractivity contribution in [2.24, 2.45) is 0 Å². The van der Waals surface area contributed by atoms with Crippen molar-refractivity contribution >= 4 is 16.9 Å². The quantitative estimate of drug-likeness (QED) is 0.527. The molecule has 0 spiro atoms. The Balaban J connectivity index is 1.78. The van der Waals surface area contributed by atoms with Crippen LogP contribution >= 0.6 is 0 Å². The van der Waals surface area contributed by atoms with Crippen molar-refractivity contribution < 1.29 is 13.9 Å². The van der Waals surface area contributed by atoms with Crippen LogP contribution < -0.4 is 4.74 Å². The van der Waals surface area contributed by atoms with Crippen molar-refractivity contribution in [3.8, 4) is 5.75 Å². The summed E-state index contributed by atoms with van der Waals surface area (Å²) in [6.07, 6.45) is 1.83. The minimum absolute atomic E-state index is 0.197. The van der Waals surface area contributed by atoms with E-state index >= 15 is 0 Å². The predicted octanol–water partition coefficient (Wildman–Crippen LogP) is 4.51. The molecule has 22 heavy (non-hydrogen) atoms. The van der Waals surface area contributed by atoms with Crippen LogP contribution in [0.5, 0.6) is 5.75 Å². The van der Waals surface area contributed by atoms with Crippen LogP contribution in [-0.2, 0) is 11.2 Å². The second kappa shape index (κ2) is 5.68. The highest BCUT2D eigenvalue weighted by Gasteiger charge is 2.12. The smallest absolute Gasteiger partial charge is 0.315 e. The minimum atomic E-state index is -0.284. The lowest BCUT2D eigenvalue weighted by Crippen LogP contribution is -2.11. The van der Waals surface area contributed by atoms with Crippen molar-refractivity contribution in [3.05, 3.63) is 64.9 Å². The molecular formula is C19H18O3. The Morgan fingerprint density at radius 3 is 2.45 bits per heavy atom. The second-order valence-electron chi connectivity index (χ2n) is 5.73. The van der Waals surface area contributed by atoms with Crippen molar-refractivity contribution in [3.63, 3.8) is 0 Å². The summed E-state index contributed by atoms with van der Waals surface area (Å²) in [6.45, 7) is 5.97. The first-order valence-electron chi connectivity index (χ1n) is 7.27. The third-order valence-electron chi connectivity index (χ3n) is 3.57. The molecule has 0 atom stereocenters. The van der Waals surface area contributed by atoms with Crippen molar-refractivity contribution in [2.45, 2.75) is 27.2 Å². The molecule has 0 saturated heterocycles. The SMILES string of the molecule is Cc1cc(C)cc(OC(=O)Cc2coc3cc(C)ccc23)c1. The molecule has 0 amide bonds. The van der Waals surface area contributed by atoms with E-state index in [0.29, 0.717) is 5.75 Å². The van der Waals surface area contributed by atoms with Crippen LogP contribution in [0.1, 0.15) is 22.3 Å². The number of furan rings is 1. The van der Waals surface area contributed by atoms with Crippen molar-refractivity contribution in [1.29, 1.82) is 0 Å². The average Bonchev–Trinajstić information content (AvgIpc) is 2.79. The van der Waals surface area contributed by atoms with Gasteiger partial charge in [-0.25, -0.2) is 0 Å². The van der Waals surface area contributed by atoms with Gasteiger partial charge in [-0.2, -0.15) is 0 Å². The van der Waals surface area contributed by atoms with Crippen LogP contribution in [0.15, 0.2) is 47.1 Å². The first-order valence-corrected chi connectivity index (χ1v) is 7.27. The molecule has 0 unspecified atom stereocenters. The van der Waals surface area contributed by atoms with Crippen LogP contribution in [0, 0.1) is 20.8 Å². The van der Waals surface area contributed by atoms with Gasteiger partial charge in [0.1, 0.15) is 11.3 Å². The van der Waals surface area contributed by atoms with E-state index in [1.54, 1.807) is 6.26 Å². The molecule has 3 rings (SSSR count). The summed E-state index contributed by atoms with van der Waals surface area (Å²) in [6, 6.07) is 11.7. The number of hydrogen-bond acceptors (Lipinski definition) is 3. The molecule has 0 aliphatic heterocycles.